The first-order chi connectivity index (χ1) is 10.2. The lowest BCUT2D eigenvalue weighted by Crippen LogP contribution is -2.39. The highest BCUT2D eigenvalue weighted by atomic mass is 19.1. The molecule has 1 amide bonds. The quantitative estimate of drug-likeness (QED) is 0.804. The third-order valence-corrected chi connectivity index (χ3v) is 3.44. The van der Waals surface area contributed by atoms with E-state index in [1.165, 1.54) is 12.1 Å². The van der Waals surface area contributed by atoms with Gasteiger partial charge >= 0.3 is 0 Å². The van der Waals surface area contributed by atoms with Crippen molar-refractivity contribution in [2.24, 2.45) is 0 Å². The van der Waals surface area contributed by atoms with Crippen LogP contribution in [0.5, 0.6) is 0 Å². The van der Waals surface area contributed by atoms with Crippen molar-refractivity contribution in [2.45, 2.75) is 18.5 Å². The van der Waals surface area contributed by atoms with Crippen molar-refractivity contribution in [1.82, 2.24) is 15.8 Å². The Hall–Kier alpha value is -2.31. The number of para-hydroxylation sites is 1. The van der Waals surface area contributed by atoms with Crippen molar-refractivity contribution in [3.63, 3.8) is 0 Å². The van der Waals surface area contributed by atoms with Gasteiger partial charge in [0.05, 0.1) is 5.69 Å². The minimum Gasteiger partial charge on any atom is -0.322 e. The van der Waals surface area contributed by atoms with E-state index in [4.69, 9.17) is 0 Å². The number of halogens is 1. The van der Waals surface area contributed by atoms with Gasteiger partial charge in [-0.25, -0.2) is 15.2 Å². The number of hydrazine groups is 1. The molecule has 6 heteroatoms. The van der Waals surface area contributed by atoms with Gasteiger partial charge < -0.3 is 5.32 Å². The molecule has 1 aromatic carbocycles. The van der Waals surface area contributed by atoms with Gasteiger partial charge in [0.2, 0.25) is 5.91 Å². The molecule has 108 valence electrons. The Morgan fingerprint density at radius 3 is 2.86 bits per heavy atom. The Labute approximate surface area is 121 Å². The molecule has 2 unspecified atom stereocenters. The first-order valence-corrected chi connectivity index (χ1v) is 6.70. The molecule has 1 aromatic heterocycles. The zero-order valence-electron chi connectivity index (χ0n) is 11.2. The number of aromatic nitrogens is 1. The largest absolute Gasteiger partial charge is 0.322 e. The summed E-state index contributed by atoms with van der Waals surface area (Å²) in [6, 6.07) is 9.50. The van der Waals surface area contributed by atoms with E-state index in [0.29, 0.717) is 6.42 Å². The summed E-state index contributed by atoms with van der Waals surface area (Å²) in [6.07, 6.45) is 4.04. The molecule has 3 N–H and O–H groups in total. The van der Waals surface area contributed by atoms with E-state index in [0.717, 1.165) is 5.56 Å². The van der Waals surface area contributed by atoms with Crippen LogP contribution in [-0.2, 0) is 4.79 Å². The molecule has 0 radical (unpaired) electrons. The summed E-state index contributed by atoms with van der Waals surface area (Å²) in [7, 11) is 0. The molecule has 2 atom stereocenters. The number of rotatable bonds is 3. The maximum absolute atomic E-state index is 13.5. The summed E-state index contributed by atoms with van der Waals surface area (Å²) in [5.74, 6) is -0.709. The second-order valence-electron chi connectivity index (χ2n) is 4.89. The second kappa shape index (κ2) is 5.99. The summed E-state index contributed by atoms with van der Waals surface area (Å²) in [5, 5.41) is 2.59. The number of hydrogen-bond acceptors (Lipinski definition) is 4. The first-order valence-electron chi connectivity index (χ1n) is 6.70. The third kappa shape index (κ3) is 3.07. The van der Waals surface area contributed by atoms with Crippen LogP contribution in [0.2, 0.25) is 0 Å². The lowest BCUT2D eigenvalue weighted by atomic mass is 10.0. The molecule has 2 aromatic rings. The van der Waals surface area contributed by atoms with Gasteiger partial charge in [0.25, 0.3) is 0 Å². The van der Waals surface area contributed by atoms with Gasteiger partial charge in [-0.15, -0.1) is 0 Å². The standard InChI is InChI=1S/C15H15FN4O/c16-11-5-1-2-6-12(11)18-15(21)14-8-13(19-20-14)10-4-3-7-17-9-10/h1-7,9,13-14,19-20H,8H2,(H,18,21). The van der Waals surface area contributed by atoms with Gasteiger partial charge in [0, 0.05) is 18.4 Å². The summed E-state index contributed by atoms with van der Waals surface area (Å²) in [6.45, 7) is 0. The summed E-state index contributed by atoms with van der Waals surface area (Å²) < 4.78 is 13.5. The Bertz CT molecular complexity index is 635. The van der Waals surface area contributed by atoms with Gasteiger partial charge in [0.15, 0.2) is 0 Å². The zero-order valence-corrected chi connectivity index (χ0v) is 11.2. The number of nitrogens with zero attached hydrogens (tertiary/aromatic N) is 1. The highest BCUT2D eigenvalue weighted by molar-refractivity contribution is 5.95. The van der Waals surface area contributed by atoms with Crippen LogP contribution in [0.4, 0.5) is 10.1 Å². The van der Waals surface area contributed by atoms with Crippen molar-refractivity contribution in [3.8, 4) is 0 Å². The van der Waals surface area contributed by atoms with Gasteiger partial charge in [-0.1, -0.05) is 18.2 Å². The number of carbonyl (C=O) groups excluding carboxylic acids is 1. The van der Waals surface area contributed by atoms with Crippen LogP contribution in [0.15, 0.2) is 48.8 Å². The number of hydrogen-bond donors (Lipinski definition) is 3. The van der Waals surface area contributed by atoms with Crippen LogP contribution in [0.25, 0.3) is 0 Å². The molecule has 1 saturated heterocycles. The molecule has 1 fully saturated rings. The maximum atomic E-state index is 13.5. The molecule has 2 heterocycles. The van der Waals surface area contributed by atoms with Gasteiger partial charge in [-0.05, 0) is 30.2 Å². The highest BCUT2D eigenvalue weighted by Crippen LogP contribution is 2.22. The Morgan fingerprint density at radius 2 is 2.10 bits per heavy atom. The van der Waals surface area contributed by atoms with E-state index in [-0.39, 0.29) is 17.6 Å². The SMILES string of the molecule is O=C(Nc1ccccc1F)C1CC(c2cccnc2)NN1. The molecule has 0 saturated carbocycles. The molecule has 1 aliphatic heterocycles. The van der Waals surface area contributed by atoms with Crippen molar-refractivity contribution in [1.29, 1.82) is 0 Å². The number of pyridine rings is 1. The Balaban J connectivity index is 1.64. The highest BCUT2D eigenvalue weighted by Gasteiger charge is 2.30. The van der Waals surface area contributed by atoms with E-state index in [9.17, 15) is 9.18 Å². The number of anilines is 1. The van der Waals surface area contributed by atoms with E-state index in [1.807, 2.05) is 12.1 Å². The van der Waals surface area contributed by atoms with Crippen LogP contribution in [0.3, 0.4) is 0 Å². The Kier molecular flexibility index (Phi) is 3.89. The molecule has 0 spiro atoms. The molecular weight excluding hydrogens is 271 g/mol. The average Bonchev–Trinajstić information content (AvgIpc) is 3.00. The fraction of sp³-hybridized carbons (Fsp3) is 0.200. The normalized spacial score (nSPS) is 21.2. The lowest BCUT2D eigenvalue weighted by Gasteiger charge is -2.11. The average molecular weight is 286 g/mol. The van der Waals surface area contributed by atoms with Crippen molar-refractivity contribution in [2.75, 3.05) is 5.32 Å². The van der Waals surface area contributed by atoms with Crippen LogP contribution >= 0.6 is 0 Å². The monoisotopic (exact) mass is 286 g/mol. The molecule has 0 bridgehead atoms. The fourth-order valence-corrected chi connectivity index (χ4v) is 2.31. The van der Waals surface area contributed by atoms with E-state index >= 15 is 0 Å². The van der Waals surface area contributed by atoms with Crippen LogP contribution in [-0.4, -0.2) is 16.9 Å². The molecule has 3 rings (SSSR count). The molecule has 1 aliphatic rings. The number of carbonyl (C=O) groups is 1. The first kappa shape index (κ1) is 13.7. The van der Waals surface area contributed by atoms with Crippen LogP contribution in [0.1, 0.15) is 18.0 Å². The van der Waals surface area contributed by atoms with E-state index in [2.05, 4.69) is 21.2 Å². The predicted molar refractivity (Wildman–Crippen MR) is 76.7 cm³/mol. The summed E-state index contributed by atoms with van der Waals surface area (Å²) >= 11 is 0. The molecule has 0 aliphatic carbocycles. The molecular formula is C15H15FN4O. The fourth-order valence-electron chi connectivity index (χ4n) is 2.31. The summed E-state index contributed by atoms with van der Waals surface area (Å²) in [4.78, 5) is 16.2. The van der Waals surface area contributed by atoms with Gasteiger partial charge in [-0.2, -0.15) is 0 Å². The summed E-state index contributed by atoms with van der Waals surface area (Å²) in [5.41, 5.74) is 7.19. The van der Waals surface area contributed by atoms with E-state index in [1.54, 1.807) is 24.5 Å². The minimum atomic E-state index is -0.444. The second-order valence-corrected chi connectivity index (χ2v) is 4.89. The number of amides is 1. The Morgan fingerprint density at radius 1 is 1.24 bits per heavy atom. The maximum Gasteiger partial charge on any atom is 0.243 e. The minimum absolute atomic E-state index is 0.00932. The third-order valence-electron chi connectivity index (χ3n) is 3.44. The zero-order chi connectivity index (χ0) is 14.7. The molecule has 21 heavy (non-hydrogen) atoms. The number of nitrogens with one attached hydrogen (secondary N) is 3. The topological polar surface area (TPSA) is 66.0 Å². The van der Waals surface area contributed by atoms with Crippen molar-refractivity contribution < 1.29 is 9.18 Å². The van der Waals surface area contributed by atoms with Crippen molar-refractivity contribution >= 4 is 11.6 Å². The van der Waals surface area contributed by atoms with Crippen LogP contribution < -0.4 is 16.2 Å². The van der Waals surface area contributed by atoms with E-state index < -0.39 is 11.9 Å². The van der Waals surface area contributed by atoms with Crippen LogP contribution in [0, 0.1) is 5.82 Å². The van der Waals surface area contributed by atoms with Gasteiger partial charge in [-0.3, -0.25) is 9.78 Å². The smallest absolute Gasteiger partial charge is 0.243 e. The number of benzene rings is 1. The van der Waals surface area contributed by atoms with Gasteiger partial charge in [0.1, 0.15) is 11.9 Å². The molecule has 5 nitrogen and oxygen atoms in total. The predicted octanol–water partition coefficient (Wildman–Crippen LogP) is 1.77. The lowest BCUT2D eigenvalue weighted by molar-refractivity contribution is -0.117. The van der Waals surface area contributed by atoms with Crippen molar-refractivity contribution in [3.05, 3.63) is 60.2 Å².